The summed E-state index contributed by atoms with van der Waals surface area (Å²) in [4.78, 5) is 16.5. The molecule has 0 aliphatic heterocycles. The van der Waals surface area contributed by atoms with Gasteiger partial charge in [-0.05, 0) is 44.0 Å². The van der Waals surface area contributed by atoms with Crippen molar-refractivity contribution in [2.45, 2.75) is 39.7 Å². The topological polar surface area (TPSA) is 55.1 Å². The highest BCUT2D eigenvalue weighted by Crippen LogP contribution is 2.23. The molecule has 0 atom stereocenters. The second-order valence-electron chi connectivity index (χ2n) is 4.92. The van der Waals surface area contributed by atoms with Crippen LogP contribution >= 0.6 is 11.6 Å². The maximum atomic E-state index is 12.2. The van der Waals surface area contributed by atoms with Gasteiger partial charge in [-0.2, -0.15) is 0 Å². The maximum absolute atomic E-state index is 12.2. The second kappa shape index (κ2) is 6.76. The van der Waals surface area contributed by atoms with Gasteiger partial charge in [0.15, 0.2) is 5.69 Å². The van der Waals surface area contributed by atoms with E-state index in [0.717, 1.165) is 18.4 Å². The highest BCUT2D eigenvalue weighted by Gasteiger charge is 2.19. The Morgan fingerprint density at radius 3 is 2.48 bits per heavy atom. The Balaban J connectivity index is 2.22. The van der Waals surface area contributed by atoms with Gasteiger partial charge in [-0.15, -0.1) is 0 Å². The van der Waals surface area contributed by atoms with Crippen molar-refractivity contribution in [2.24, 2.45) is 0 Å². The first-order valence-corrected chi connectivity index (χ1v) is 7.47. The number of amides is 1. The van der Waals surface area contributed by atoms with Gasteiger partial charge in [0.05, 0.1) is 0 Å². The van der Waals surface area contributed by atoms with E-state index in [1.54, 1.807) is 19.1 Å². The third-order valence-electron chi connectivity index (χ3n) is 3.42. The summed E-state index contributed by atoms with van der Waals surface area (Å²) in [5.41, 5.74) is 1.14. The Hall–Kier alpha value is -1.81. The van der Waals surface area contributed by atoms with Gasteiger partial charge in [0, 0.05) is 16.6 Å². The number of hydrogen-bond donors (Lipinski definition) is 1. The molecule has 112 valence electrons. The van der Waals surface area contributed by atoms with Crippen LogP contribution in [0.1, 0.15) is 42.9 Å². The number of carbonyl (C=O) groups excluding carboxylic acids is 1. The fourth-order valence-electron chi connectivity index (χ4n) is 2.07. The number of benzene rings is 1. The van der Waals surface area contributed by atoms with Crippen molar-refractivity contribution in [2.75, 3.05) is 0 Å². The standard InChI is InChI=1S/C16H19ClN2O2/c1-4-13(5-2)18-15(20)14-10(3)21-16(19-14)11-6-8-12(17)9-7-11/h6-9,13H,4-5H2,1-3H3,(H,18,20). The molecule has 1 amide bonds. The molecule has 0 spiro atoms. The van der Waals surface area contributed by atoms with Crippen LogP contribution in [-0.2, 0) is 0 Å². The van der Waals surface area contributed by atoms with Gasteiger partial charge in [0.1, 0.15) is 5.76 Å². The summed E-state index contributed by atoms with van der Waals surface area (Å²) in [6.07, 6.45) is 1.78. The van der Waals surface area contributed by atoms with E-state index in [1.165, 1.54) is 0 Å². The summed E-state index contributed by atoms with van der Waals surface area (Å²) >= 11 is 5.86. The van der Waals surface area contributed by atoms with Crippen LogP contribution < -0.4 is 5.32 Å². The van der Waals surface area contributed by atoms with Crippen LogP contribution in [-0.4, -0.2) is 16.9 Å². The molecule has 0 unspecified atom stereocenters. The highest BCUT2D eigenvalue weighted by molar-refractivity contribution is 6.30. The number of aryl methyl sites for hydroxylation is 1. The molecule has 1 heterocycles. The Kier molecular flexibility index (Phi) is 5.02. The zero-order chi connectivity index (χ0) is 15.4. The van der Waals surface area contributed by atoms with Crippen LogP contribution in [0.25, 0.3) is 11.5 Å². The van der Waals surface area contributed by atoms with Gasteiger partial charge in [-0.25, -0.2) is 4.98 Å². The Morgan fingerprint density at radius 2 is 1.90 bits per heavy atom. The fraction of sp³-hybridized carbons (Fsp3) is 0.375. The van der Waals surface area contributed by atoms with Crippen LogP contribution in [0.5, 0.6) is 0 Å². The normalized spacial score (nSPS) is 10.9. The molecule has 2 aromatic rings. The number of nitrogens with one attached hydrogen (secondary N) is 1. The van der Waals surface area contributed by atoms with Crippen LogP contribution in [0.3, 0.4) is 0 Å². The van der Waals surface area contributed by atoms with E-state index >= 15 is 0 Å². The van der Waals surface area contributed by atoms with Crippen molar-refractivity contribution >= 4 is 17.5 Å². The first kappa shape index (κ1) is 15.6. The molecule has 0 bridgehead atoms. The zero-order valence-corrected chi connectivity index (χ0v) is 13.2. The van der Waals surface area contributed by atoms with Crippen molar-refractivity contribution in [3.63, 3.8) is 0 Å². The summed E-state index contributed by atoms with van der Waals surface area (Å²) in [5, 5.41) is 3.61. The van der Waals surface area contributed by atoms with Gasteiger partial charge in [-0.1, -0.05) is 25.4 Å². The molecular weight excluding hydrogens is 288 g/mol. The van der Waals surface area contributed by atoms with Crippen molar-refractivity contribution in [1.82, 2.24) is 10.3 Å². The molecule has 1 aromatic carbocycles. The van der Waals surface area contributed by atoms with E-state index in [0.29, 0.717) is 22.4 Å². The number of hydrogen-bond acceptors (Lipinski definition) is 3. The first-order valence-electron chi connectivity index (χ1n) is 7.09. The summed E-state index contributed by atoms with van der Waals surface area (Å²) in [6, 6.07) is 7.32. The smallest absolute Gasteiger partial charge is 0.273 e. The molecule has 21 heavy (non-hydrogen) atoms. The summed E-state index contributed by atoms with van der Waals surface area (Å²) in [5.74, 6) is 0.757. The van der Waals surface area contributed by atoms with E-state index in [1.807, 2.05) is 26.0 Å². The largest absolute Gasteiger partial charge is 0.441 e. The van der Waals surface area contributed by atoms with E-state index < -0.39 is 0 Å². The average molecular weight is 307 g/mol. The Morgan fingerprint density at radius 1 is 1.29 bits per heavy atom. The van der Waals surface area contributed by atoms with Crippen molar-refractivity contribution < 1.29 is 9.21 Å². The molecule has 0 aliphatic carbocycles. The minimum absolute atomic E-state index is 0.160. The lowest BCUT2D eigenvalue weighted by Crippen LogP contribution is -2.34. The number of oxazole rings is 1. The predicted molar refractivity (Wildman–Crippen MR) is 83.5 cm³/mol. The van der Waals surface area contributed by atoms with Crippen LogP contribution in [0.15, 0.2) is 28.7 Å². The number of nitrogens with zero attached hydrogens (tertiary/aromatic N) is 1. The number of rotatable bonds is 5. The average Bonchev–Trinajstić information content (AvgIpc) is 2.87. The zero-order valence-electron chi connectivity index (χ0n) is 12.4. The minimum atomic E-state index is -0.190. The van der Waals surface area contributed by atoms with Crippen molar-refractivity contribution in [1.29, 1.82) is 0 Å². The molecule has 0 radical (unpaired) electrons. The summed E-state index contributed by atoms with van der Waals surface area (Å²) in [6.45, 7) is 5.83. The fourth-order valence-corrected chi connectivity index (χ4v) is 2.20. The Bertz CT molecular complexity index is 616. The molecular formula is C16H19ClN2O2. The number of aromatic nitrogens is 1. The lowest BCUT2D eigenvalue weighted by atomic mass is 10.1. The third kappa shape index (κ3) is 3.64. The molecule has 0 aliphatic rings. The summed E-state index contributed by atoms with van der Waals surface area (Å²) < 4.78 is 5.60. The van der Waals surface area contributed by atoms with E-state index in [2.05, 4.69) is 10.3 Å². The SMILES string of the molecule is CCC(CC)NC(=O)c1nc(-c2ccc(Cl)cc2)oc1C. The lowest BCUT2D eigenvalue weighted by molar-refractivity contribution is 0.0929. The molecule has 1 N–H and O–H groups in total. The van der Waals surface area contributed by atoms with Crippen LogP contribution in [0.2, 0.25) is 5.02 Å². The molecule has 0 fully saturated rings. The monoisotopic (exact) mass is 306 g/mol. The quantitative estimate of drug-likeness (QED) is 0.899. The molecule has 4 nitrogen and oxygen atoms in total. The Labute approximate surface area is 129 Å². The van der Waals surface area contributed by atoms with Gasteiger partial charge in [0.25, 0.3) is 5.91 Å². The van der Waals surface area contributed by atoms with Gasteiger partial charge in [-0.3, -0.25) is 4.79 Å². The van der Waals surface area contributed by atoms with Crippen LogP contribution in [0, 0.1) is 6.92 Å². The molecule has 0 saturated carbocycles. The van der Waals surface area contributed by atoms with E-state index in [4.69, 9.17) is 16.0 Å². The first-order chi connectivity index (χ1) is 10.0. The molecule has 1 aromatic heterocycles. The third-order valence-corrected chi connectivity index (χ3v) is 3.68. The van der Waals surface area contributed by atoms with Crippen molar-refractivity contribution in [3.8, 4) is 11.5 Å². The molecule has 0 saturated heterocycles. The van der Waals surface area contributed by atoms with Gasteiger partial charge in [0.2, 0.25) is 5.89 Å². The van der Waals surface area contributed by atoms with E-state index in [-0.39, 0.29) is 11.9 Å². The van der Waals surface area contributed by atoms with Gasteiger partial charge < -0.3 is 9.73 Å². The van der Waals surface area contributed by atoms with Gasteiger partial charge >= 0.3 is 0 Å². The maximum Gasteiger partial charge on any atom is 0.273 e. The minimum Gasteiger partial charge on any atom is -0.441 e. The predicted octanol–water partition coefficient (Wildman–Crippen LogP) is 4.22. The second-order valence-corrected chi connectivity index (χ2v) is 5.35. The van der Waals surface area contributed by atoms with E-state index in [9.17, 15) is 4.79 Å². The lowest BCUT2D eigenvalue weighted by Gasteiger charge is -2.13. The van der Waals surface area contributed by atoms with Crippen LogP contribution in [0.4, 0.5) is 0 Å². The highest BCUT2D eigenvalue weighted by atomic mass is 35.5. The summed E-state index contributed by atoms with van der Waals surface area (Å²) in [7, 11) is 0. The number of halogens is 1. The number of carbonyl (C=O) groups is 1. The van der Waals surface area contributed by atoms with Crippen molar-refractivity contribution in [3.05, 3.63) is 40.7 Å². The molecule has 5 heteroatoms. The molecule has 2 rings (SSSR count).